The molecule has 0 bridgehead atoms. The molecule has 2 heterocycles. The molecule has 1 aliphatic rings. The summed E-state index contributed by atoms with van der Waals surface area (Å²) in [5.41, 5.74) is 0.0215. The van der Waals surface area contributed by atoms with E-state index in [-0.39, 0.29) is 36.0 Å². The van der Waals surface area contributed by atoms with Crippen molar-refractivity contribution < 1.29 is 26.4 Å². The number of H-pyrrole nitrogens is 1. The number of piperidine rings is 1. The van der Waals surface area contributed by atoms with Crippen LogP contribution in [-0.2, 0) is 21.0 Å². The molecule has 1 atom stereocenters. The standard InChI is InChI=1S/C24H27F3N4O3S/c1-3-31(16(2)20-6-4-5-7-21(20)24(25,26)27)23(32)17-10-12-30(13-11-17)35(33,34)19-8-9-22-18(14-19)15-28-29-22/h4-9,14-17H,3,10-13H2,1-2H3,(H,28,29)/t16-/m1/s1. The van der Waals surface area contributed by atoms with E-state index in [9.17, 15) is 26.4 Å². The lowest BCUT2D eigenvalue weighted by molar-refractivity contribution is -0.143. The fourth-order valence-corrected chi connectivity index (χ4v) is 6.22. The van der Waals surface area contributed by atoms with Crippen LogP contribution in [-0.4, -0.2) is 53.4 Å². The average Bonchev–Trinajstić information content (AvgIpc) is 3.32. The van der Waals surface area contributed by atoms with E-state index in [1.165, 1.54) is 33.5 Å². The third-order valence-electron chi connectivity index (χ3n) is 6.66. The summed E-state index contributed by atoms with van der Waals surface area (Å²) in [6.07, 6.45) is -2.37. The maximum atomic E-state index is 13.5. The fraction of sp³-hybridized carbons (Fsp3) is 0.417. The molecule has 0 aliphatic carbocycles. The molecule has 11 heteroatoms. The summed E-state index contributed by atoms with van der Waals surface area (Å²) >= 11 is 0. The van der Waals surface area contributed by atoms with Crippen LogP contribution in [0.3, 0.4) is 0 Å². The van der Waals surface area contributed by atoms with E-state index in [1.54, 1.807) is 32.2 Å². The second kappa shape index (κ2) is 9.62. The van der Waals surface area contributed by atoms with Crippen molar-refractivity contribution in [1.29, 1.82) is 0 Å². The number of benzene rings is 2. The number of halogens is 3. The summed E-state index contributed by atoms with van der Waals surface area (Å²) in [6.45, 7) is 3.89. The molecule has 1 aromatic heterocycles. The number of fused-ring (bicyclic) bond motifs is 1. The minimum atomic E-state index is -4.52. The third-order valence-corrected chi connectivity index (χ3v) is 8.55. The molecule has 35 heavy (non-hydrogen) atoms. The van der Waals surface area contributed by atoms with Crippen molar-refractivity contribution in [1.82, 2.24) is 19.4 Å². The number of sulfonamides is 1. The molecule has 0 spiro atoms. The molecule has 0 saturated carbocycles. The molecule has 1 amide bonds. The van der Waals surface area contributed by atoms with Crippen LogP contribution in [0.25, 0.3) is 10.9 Å². The number of hydrogen-bond acceptors (Lipinski definition) is 4. The van der Waals surface area contributed by atoms with Gasteiger partial charge in [-0.2, -0.15) is 22.6 Å². The summed E-state index contributed by atoms with van der Waals surface area (Å²) in [6, 6.07) is 9.25. The van der Waals surface area contributed by atoms with Gasteiger partial charge in [0.2, 0.25) is 15.9 Å². The molecular weight excluding hydrogens is 481 g/mol. The first kappa shape index (κ1) is 25.2. The second-order valence-corrected chi connectivity index (χ2v) is 10.6. The van der Waals surface area contributed by atoms with Crippen LogP contribution in [0, 0.1) is 5.92 Å². The van der Waals surface area contributed by atoms with Crippen LogP contribution in [0.2, 0.25) is 0 Å². The maximum absolute atomic E-state index is 13.5. The molecule has 188 valence electrons. The lowest BCUT2D eigenvalue weighted by Crippen LogP contribution is -2.45. The number of alkyl halides is 3. The van der Waals surface area contributed by atoms with Crippen molar-refractivity contribution >= 4 is 26.8 Å². The number of hydrogen-bond donors (Lipinski definition) is 1. The van der Waals surface area contributed by atoms with E-state index >= 15 is 0 Å². The first-order chi connectivity index (χ1) is 16.5. The van der Waals surface area contributed by atoms with Gasteiger partial charge in [-0.1, -0.05) is 18.2 Å². The minimum absolute atomic E-state index is 0.0462. The zero-order chi connectivity index (χ0) is 25.4. The number of nitrogens with zero attached hydrogens (tertiary/aromatic N) is 3. The number of rotatable bonds is 6. The Hall–Kier alpha value is -2.92. The van der Waals surface area contributed by atoms with Crippen LogP contribution in [0.1, 0.15) is 43.9 Å². The summed E-state index contributed by atoms with van der Waals surface area (Å²) < 4.78 is 68.2. The van der Waals surface area contributed by atoms with Gasteiger partial charge in [0.1, 0.15) is 0 Å². The average molecular weight is 509 g/mol. The lowest BCUT2D eigenvalue weighted by Gasteiger charge is -2.36. The largest absolute Gasteiger partial charge is 0.416 e. The Balaban J connectivity index is 1.47. The number of nitrogens with one attached hydrogen (secondary N) is 1. The Labute approximate surface area is 202 Å². The molecule has 1 fully saturated rings. The van der Waals surface area contributed by atoms with Gasteiger partial charge in [0.15, 0.2) is 0 Å². The molecule has 0 unspecified atom stereocenters. The maximum Gasteiger partial charge on any atom is 0.416 e. The van der Waals surface area contributed by atoms with E-state index < -0.39 is 33.7 Å². The number of aromatic nitrogens is 2. The van der Waals surface area contributed by atoms with E-state index in [0.717, 1.165) is 11.6 Å². The van der Waals surface area contributed by atoms with E-state index in [0.29, 0.717) is 18.2 Å². The molecule has 1 saturated heterocycles. The summed E-state index contributed by atoms with van der Waals surface area (Å²) in [5.74, 6) is -0.716. The number of carbonyl (C=O) groups is 1. The predicted octanol–water partition coefficient (Wildman–Crippen LogP) is 4.59. The Morgan fingerprint density at radius 3 is 2.54 bits per heavy atom. The molecular formula is C24H27F3N4O3S. The van der Waals surface area contributed by atoms with Gasteiger partial charge in [0, 0.05) is 30.9 Å². The van der Waals surface area contributed by atoms with E-state index in [1.807, 2.05) is 0 Å². The summed E-state index contributed by atoms with van der Waals surface area (Å²) in [5, 5.41) is 7.37. The van der Waals surface area contributed by atoms with Crippen molar-refractivity contribution in [3.8, 4) is 0 Å². The summed E-state index contributed by atoms with van der Waals surface area (Å²) in [7, 11) is -3.75. The normalized spacial score (nSPS) is 16.9. The van der Waals surface area contributed by atoms with Crippen molar-refractivity contribution in [2.75, 3.05) is 19.6 Å². The molecule has 4 rings (SSSR count). The van der Waals surface area contributed by atoms with E-state index in [4.69, 9.17) is 0 Å². The van der Waals surface area contributed by atoms with Crippen LogP contribution >= 0.6 is 0 Å². The van der Waals surface area contributed by atoms with Gasteiger partial charge < -0.3 is 4.90 Å². The highest BCUT2D eigenvalue weighted by Gasteiger charge is 2.38. The smallest absolute Gasteiger partial charge is 0.336 e. The Morgan fingerprint density at radius 2 is 1.89 bits per heavy atom. The van der Waals surface area contributed by atoms with Gasteiger partial charge in [-0.25, -0.2) is 8.42 Å². The van der Waals surface area contributed by atoms with Crippen molar-refractivity contribution in [3.63, 3.8) is 0 Å². The van der Waals surface area contributed by atoms with Gasteiger partial charge in [-0.15, -0.1) is 0 Å². The van der Waals surface area contributed by atoms with Crippen molar-refractivity contribution in [2.45, 2.75) is 43.8 Å². The molecule has 7 nitrogen and oxygen atoms in total. The quantitative estimate of drug-likeness (QED) is 0.528. The highest BCUT2D eigenvalue weighted by atomic mass is 32.2. The molecule has 0 radical (unpaired) electrons. The monoisotopic (exact) mass is 508 g/mol. The SMILES string of the molecule is CCN(C(=O)C1CCN(S(=O)(=O)c2ccc3[nH]ncc3c2)CC1)[C@H](C)c1ccccc1C(F)(F)F. The fourth-order valence-electron chi connectivity index (χ4n) is 4.72. The number of carbonyl (C=O) groups excluding carboxylic acids is 1. The van der Waals surface area contributed by atoms with E-state index in [2.05, 4.69) is 10.2 Å². The lowest BCUT2D eigenvalue weighted by atomic mass is 9.94. The first-order valence-corrected chi connectivity index (χ1v) is 12.9. The zero-order valence-electron chi connectivity index (χ0n) is 19.4. The Morgan fingerprint density at radius 1 is 1.20 bits per heavy atom. The Kier molecular flexibility index (Phi) is 6.92. The third kappa shape index (κ3) is 4.92. The molecule has 2 aromatic carbocycles. The zero-order valence-corrected chi connectivity index (χ0v) is 20.2. The molecule has 1 aliphatic heterocycles. The van der Waals surface area contributed by atoms with Crippen molar-refractivity contribution in [2.24, 2.45) is 5.92 Å². The van der Waals surface area contributed by atoms with Gasteiger partial charge in [-0.3, -0.25) is 9.89 Å². The first-order valence-electron chi connectivity index (χ1n) is 11.4. The van der Waals surface area contributed by atoms with Gasteiger partial charge in [0.25, 0.3) is 0 Å². The van der Waals surface area contributed by atoms with Crippen molar-refractivity contribution in [3.05, 3.63) is 59.8 Å². The minimum Gasteiger partial charge on any atom is -0.336 e. The highest BCUT2D eigenvalue weighted by molar-refractivity contribution is 7.89. The van der Waals surface area contributed by atoms with Crippen LogP contribution in [0.4, 0.5) is 13.2 Å². The van der Waals surface area contributed by atoms with Crippen LogP contribution < -0.4 is 0 Å². The van der Waals surface area contributed by atoms with Gasteiger partial charge in [-0.05, 0) is 56.5 Å². The molecule has 3 aromatic rings. The highest BCUT2D eigenvalue weighted by Crippen LogP contribution is 2.37. The van der Waals surface area contributed by atoms with Crippen LogP contribution in [0.15, 0.2) is 53.6 Å². The Bertz CT molecular complexity index is 1310. The second-order valence-electron chi connectivity index (χ2n) is 8.68. The number of aromatic amines is 1. The molecule has 1 N–H and O–H groups in total. The van der Waals surface area contributed by atoms with Crippen LogP contribution in [0.5, 0.6) is 0 Å². The predicted molar refractivity (Wildman–Crippen MR) is 125 cm³/mol. The number of amides is 1. The summed E-state index contributed by atoms with van der Waals surface area (Å²) in [4.78, 5) is 14.9. The topological polar surface area (TPSA) is 86.4 Å². The van der Waals surface area contributed by atoms with Gasteiger partial charge >= 0.3 is 6.18 Å². The van der Waals surface area contributed by atoms with Gasteiger partial charge in [0.05, 0.1) is 28.2 Å².